The van der Waals surface area contributed by atoms with Crippen LogP contribution in [0, 0.1) is 0 Å². The van der Waals surface area contributed by atoms with Crippen molar-refractivity contribution < 1.29 is 14.4 Å². The third kappa shape index (κ3) is 2.12. The van der Waals surface area contributed by atoms with Gasteiger partial charge in [0.05, 0.1) is 23.7 Å². The van der Waals surface area contributed by atoms with Crippen LogP contribution in [0.25, 0.3) is 21.8 Å². The van der Waals surface area contributed by atoms with Gasteiger partial charge in [-0.25, -0.2) is 4.79 Å². The Bertz CT molecular complexity index is 838. The number of halogens is 1. The van der Waals surface area contributed by atoms with Crippen LogP contribution in [0.4, 0.5) is 0 Å². The van der Waals surface area contributed by atoms with E-state index in [1.807, 2.05) is 31.2 Å². The molecule has 108 valence electrons. The fourth-order valence-electron chi connectivity index (χ4n) is 2.56. The van der Waals surface area contributed by atoms with Gasteiger partial charge in [0, 0.05) is 15.8 Å². The number of hydrogen-bond acceptors (Lipinski definition) is 3. The minimum Gasteiger partial charge on any atom is -0.465 e. The van der Waals surface area contributed by atoms with Gasteiger partial charge in [0.1, 0.15) is 6.61 Å². The maximum atomic E-state index is 12.0. The molecule has 0 saturated carbocycles. The molecule has 0 spiro atoms. The summed E-state index contributed by atoms with van der Waals surface area (Å²) in [6.45, 7) is 2.43. The van der Waals surface area contributed by atoms with Crippen molar-refractivity contribution in [1.82, 2.24) is 4.73 Å². The molecule has 0 aliphatic carbocycles. The fourth-order valence-corrected chi connectivity index (χ4v) is 2.73. The van der Waals surface area contributed by atoms with Crippen molar-refractivity contribution in [3.05, 3.63) is 47.0 Å². The van der Waals surface area contributed by atoms with Crippen LogP contribution < -0.4 is 4.84 Å². The van der Waals surface area contributed by atoms with Crippen LogP contribution in [0.5, 0.6) is 0 Å². The van der Waals surface area contributed by atoms with Gasteiger partial charge in [0.15, 0.2) is 0 Å². The zero-order valence-electron chi connectivity index (χ0n) is 11.7. The predicted octanol–water partition coefficient (Wildman–Crippen LogP) is 3.68. The van der Waals surface area contributed by atoms with Crippen molar-refractivity contribution in [2.24, 2.45) is 0 Å². The first-order valence-corrected chi connectivity index (χ1v) is 6.99. The quantitative estimate of drug-likeness (QED) is 0.693. The maximum Gasteiger partial charge on any atom is 0.338 e. The van der Waals surface area contributed by atoms with Crippen molar-refractivity contribution in [2.45, 2.75) is 6.92 Å². The molecule has 0 bridgehead atoms. The number of fused-ring (bicyclic) bond motifs is 3. The molecule has 1 heterocycles. The lowest BCUT2D eigenvalue weighted by molar-refractivity contribution is 0.0603. The Labute approximate surface area is 126 Å². The predicted molar refractivity (Wildman–Crippen MR) is 82.9 cm³/mol. The Morgan fingerprint density at radius 1 is 1.24 bits per heavy atom. The number of rotatable bonds is 3. The standard InChI is InChI=1S/C16H14ClNO3/c1-3-21-18-13-8-7-10(17)9-12(13)15-11(16(19)20-2)5-4-6-14(15)18/h4-9H,3H2,1-2H3. The number of esters is 1. The van der Waals surface area contributed by atoms with E-state index in [0.29, 0.717) is 17.2 Å². The average Bonchev–Trinajstić information content (AvgIpc) is 2.81. The molecule has 0 amide bonds. The number of carbonyl (C=O) groups excluding carboxylic acids is 1. The van der Waals surface area contributed by atoms with Crippen molar-refractivity contribution >= 4 is 39.4 Å². The van der Waals surface area contributed by atoms with E-state index in [4.69, 9.17) is 21.2 Å². The number of hydrogen-bond donors (Lipinski definition) is 0. The Balaban J connectivity index is 2.48. The molecule has 21 heavy (non-hydrogen) atoms. The van der Waals surface area contributed by atoms with Crippen LogP contribution in [0.2, 0.25) is 5.02 Å². The Morgan fingerprint density at radius 2 is 2.05 bits per heavy atom. The van der Waals surface area contributed by atoms with Gasteiger partial charge in [0.2, 0.25) is 0 Å². The lowest BCUT2D eigenvalue weighted by Crippen LogP contribution is -2.10. The normalized spacial score (nSPS) is 11.0. The van der Waals surface area contributed by atoms with Crippen LogP contribution in [0.3, 0.4) is 0 Å². The molecule has 1 aromatic heterocycles. The second-order valence-electron chi connectivity index (χ2n) is 4.56. The van der Waals surface area contributed by atoms with E-state index in [0.717, 1.165) is 21.8 Å². The SMILES string of the molecule is CCOn1c2ccc(Cl)cc2c2c(C(=O)OC)cccc21. The highest BCUT2D eigenvalue weighted by atomic mass is 35.5. The number of ether oxygens (including phenoxy) is 1. The van der Waals surface area contributed by atoms with Gasteiger partial charge in [-0.15, -0.1) is 0 Å². The smallest absolute Gasteiger partial charge is 0.338 e. The fraction of sp³-hybridized carbons (Fsp3) is 0.188. The van der Waals surface area contributed by atoms with Gasteiger partial charge in [0.25, 0.3) is 0 Å². The van der Waals surface area contributed by atoms with Gasteiger partial charge in [-0.3, -0.25) is 0 Å². The highest BCUT2D eigenvalue weighted by Gasteiger charge is 2.18. The van der Waals surface area contributed by atoms with E-state index < -0.39 is 0 Å². The molecule has 0 N–H and O–H groups in total. The van der Waals surface area contributed by atoms with E-state index >= 15 is 0 Å². The van der Waals surface area contributed by atoms with E-state index in [-0.39, 0.29) is 5.97 Å². The summed E-state index contributed by atoms with van der Waals surface area (Å²) in [4.78, 5) is 17.7. The first-order chi connectivity index (χ1) is 10.2. The molecule has 0 atom stereocenters. The lowest BCUT2D eigenvalue weighted by Gasteiger charge is -2.07. The van der Waals surface area contributed by atoms with E-state index in [1.165, 1.54) is 7.11 Å². The van der Waals surface area contributed by atoms with Gasteiger partial charge in [-0.2, -0.15) is 4.73 Å². The number of aromatic nitrogens is 1. The zero-order chi connectivity index (χ0) is 15.0. The summed E-state index contributed by atoms with van der Waals surface area (Å²) in [5, 5.41) is 2.26. The van der Waals surface area contributed by atoms with Gasteiger partial charge in [-0.1, -0.05) is 17.7 Å². The zero-order valence-corrected chi connectivity index (χ0v) is 12.5. The summed E-state index contributed by atoms with van der Waals surface area (Å²) in [5.41, 5.74) is 2.19. The largest absolute Gasteiger partial charge is 0.465 e. The number of methoxy groups -OCH3 is 1. The monoisotopic (exact) mass is 303 g/mol. The molecular weight excluding hydrogens is 290 g/mol. The Hall–Kier alpha value is -2.20. The van der Waals surface area contributed by atoms with Crippen LogP contribution in [-0.4, -0.2) is 24.4 Å². The van der Waals surface area contributed by atoms with Crippen molar-refractivity contribution in [3.8, 4) is 0 Å². The number of benzene rings is 2. The minimum absolute atomic E-state index is 0.379. The van der Waals surface area contributed by atoms with Crippen molar-refractivity contribution in [1.29, 1.82) is 0 Å². The molecule has 0 saturated heterocycles. The third-order valence-corrected chi connectivity index (χ3v) is 3.61. The van der Waals surface area contributed by atoms with Crippen LogP contribution in [-0.2, 0) is 4.74 Å². The van der Waals surface area contributed by atoms with Gasteiger partial charge < -0.3 is 9.57 Å². The summed E-state index contributed by atoms with van der Waals surface area (Å²) in [6, 6.07) is 11.0. The van der Waals surface area contributed by atoms with Gasteiger partial charge in [-0.05, 0) is 37.3 Å². The first kappa shape index (κ1) is 13.8. The summed E-state index contributed by atoms with van der Waals surface area (Å²) in [5.74, 6) is -0.379. The molecule has 0 unspecified atom stereocenters. The second kappa shape index (κ2) is 5.30. The highest BCUT2D eigenvalue weighted by molar-refractivity contribution is 6.32. The molecule has 0 aliphatic heterocycles. The van der Waals surface area contributed by atoms with Crippen LogP contribution in [0.1, 0.15) is 17.3 Å². The maximum absolute atomic E-state index is 12.0. The molecule has 0 aliphatic rings. The van der Waals surface area contributed by atoms with Crippen molar-refractivity contribution in [3.63, 3.8) is 0 Å². The number of nitrogens with zero attached hydrogens (tertiary/aromatic N) is 1. The van der Waals surface area contributed by atoms with Crippen LogP contribution >= 0.6 is 11.6 Å². The molecule has 5 heteroatoms. The lowest BCUT2D eigenvalue weighted by atomic mass is 10.1. The highest BCUT2D eigenvalue weighted by Crippen LogP contribution is 2.33. The molecule has 0 radical (unpaired) electrons. The van der Waals surface area contributed by atoms with E-state index in [9.17, 15) is 4.79 Å². The summed E-state index contributed by atoms with van der Waals surface area (Å²) < 4.78 is 6.60. The minimum atomic E-state index is -0.379. The first-order valence-electron chi connectivity index (χ1n) is 6.61. The third-order valence-electron chi connectivity index (χ3n) is 3.37. The summed E-state index contributed by atoms with van der Waals surface area (Å²) >= 11 is 6.10. The topological polar surface area (TPSA) is 40.5 Å². The summed E-state index contributed by atoms with van der Waals surface area (Å²) in [7, 11) is 1.37. The van der Waals surface area contributed by atoms with E-state index in [2.05, 4.69) is 0 Å². The Kier molecular flexibility index (Phi) is 3.47. The molecule has 0 fully saturated rings. The van der Waals surface area contributed by atoms with Crippen molar-refractivity contribution in [2.75, 3.05) is 13.7 Å². The molecule has 3 aromatic rings. The number of carbonyl (C=O) groups is 1. The van der Waals surface area contributed by atoms with E-state index in [1.54, 1.807) is 16.9 Å². The Morgan fingerprint density at radius 3 is 2.76 bits per heavy atom. The van der Waals surface area contributed by atoms with Crippen LogP contribution in [0.15, 0.2) is 36.4 Å². The average molecular weight is 304 g/mol. The molecule has 3 rings (SSSR count). The summed E-state index contributed by atoms with van der Waals surface area (Å²) in [6.07, 6.45) is 0. The molecular formula is C16H14ClNO3. The van der Waals surface area contributed by atoms with Gasteiger partial charge >= 0.3 is 5.97 Å². The molecule has 2 aromatic carbocycles. The second-order valence-corrected chi connectivity index (χ2v) is 5.00. The molecule has 4 nitrogen and oxygen atoms in total.